The maximum absolute atomic E-state index is 11.5. The van der Waals surface area contributed by atoms with Gasteiger partial charge in [-0.3, -0.25) is 4.68 Å². The number of nitrogens with zero attached hydrogens (tertiary/aromatic N) is 3. The third-order valence-electron chi connectivity index (χ3n) is 2.43. The lowest BCUT2D eigenvalue weighted by molar-refractivity contribution is 0.293. The highest BCUT2D eigenvalue weighted by Gasteiger charge is 2.15. The summed E-state index contributed by atoms with van der Waals surface area (Å²) in [7, 11) is -2.09. The van der Waals surface area contributed by atoms with Crippen LogP contribution < -0.4 is 9.88 Å². The average molecular weight is 282 g/mol. The van der Waals surface area contributed by atoms with Crippen LogP contribution >= 0.6 is 0 Å². The molecule has 102 valence electrons. The second-order valence-electron chi connectivity index (χ2n) is 4.17. The number of nitrogens with two attached hydrogens (primary N) is 1. The lowest BCUT2D eigenvalue weighted by Crippen LogP contribution is -2.14. The Labute approximate surface area is 111 Å². The Kier molecular flexibility index (Phi) is 3.54. The molecule has 0 radical (unpaired) electrons. The van der Waals surface area contributed by atoms with Gasteiger partial charge in [-0.05, 0) is 24.6 Å². The van der Waals surface area contributed by atoms with E-state index in [0.29, 0.717) is 5.69 Å². The van der Waals surface area contributed by atoms with Crippen LogP contribution in [0.1, 0.15) is 11.3 Å². The predicted molar refractivity (Wildman–Crippen MR) is 67.9 cm³/mol. The summed E-state index contributed by atoms with van der Waals surface area (Å²) in [4.78, 5) is -0.0311. The first-order valence-corrected chi connectivity index (χ1v) is 7.02. The third kappa shape index (κ3) is 3.30. The Bertz CT molecular complexity index is 694. The molecule has 0 saturated heterocycles. The number of rotatable bonds is 4. The molecule has 0 spiro atoms. The van der Waals surface area contributed by atoms with Crippen molar-refractivity contribution in [1.29, 1.82) is 0 Å². The molecule has 1 aromatic carbocycles. The number of hydrogen-bond donors (Lipinski definition) is 1. The predicted octanol–water partition coefficient (Wildman–Crippen LogP) is 0.350. The molecule has 7 nitrogen and oxygen atoms in total. The minimum absolute atomic E-state index is 0.0311. The molecule has 2 aromatic rings. The summed E-state index contributed by atoms with van der Waals surface area (Å²) in [6.45, 7) is 1.90. The van der Waals surface area contributed by atoms with E-state index in [9.17, 15) is 8.42 Å². The maximum Gasteiger partial charge on any atom is 0.241 e. The van der Waals surface area contributed by atoms with Crippen molar-refractivity contribution in [1.82, 2.24) is 15.0 Å². The number of aromatic nitrogens is 3. The highest BCUT2D eigenvalue weighted by molar-refractivity contribution is 7.89. The topological polar surface area (TPSA) is 100 Å². The van der Waals surface area contributed by atoms with Crippen molar-refractivity contribution in [3.63, 3.8) is 0 Å². The minimum atomic E-state index is -3.82. The number of benzene rings is 1. The molecule has 8 heteroatoms. The molecule has 0 fully saturated rings. The molecule has 0 saturated carbocycles. The van der Waals surface area contributed by atoms with Crippen LogP contribution in [-0.2, 0) is 23.7 Å². The second-order valence-corrected chi connectivity index (χ2v) is 5.70. The van der Waals surface area contributed by atoms with Crippen LogP contribution in [0.5, 0.6) is 5.75 Å². The van der Waals surface area contributed by atoms with Gasteiger partial charge in [-0.25, -0.2) is 13.6 Å². The fraction of sp³-hybridized carbons (Fsp3) is 0.273. The number of aryl methyl sites for hydroxylation is 2. The van der Waals surface area contributed by atoms with Gasteiger partial charge < -0.3 is 4.74 Å². The molecule has 2 rings (SSSR count). The summed E-state index contributed by atoms with van der Waals surface area (Å²) >= 11 is 0. The van der Waals surface area contributed by atoms with Crippen molar-refractivity contribution in [2.24, 2.45) is 12.2 Å². The quantitative estimate of drug-likeness (QED) is 0.872. The van der Waals surface area contributed by atoms with Gasteiger partial charge in [0, 0.05) is 7.05 Å². The average Bonchev–Trinajstić information content (AvgIpc) is 2.72. The molecule has 0 aliphatic rings. The molecule has 2 N–H and O–H groups in total. The Morgan fingerprint density at radius 1 is 1.42 bits per heavy atom. The molecule has 0 aliphatic carbocycles. The Morgan fingerprint density at radius 3 is 2.74 bits per heavy atom. The zero-order valence-electron chi connectivity index (χ0n) is 10.6. The molecule has 0 bridgehead atoms. The summed E-state index contributed by atoms with van der Waals surface area (Å²) in [6, 6.07) is 4.80. The van der Waals surface area contributed by atoms with E-state index in [2.05, 4.69) is 10.3 Å². The summed E-state index contributed by atoms with van der Waals surface area (Å²) in [5, 5.41) is 12.8. The zero-order chi connectivity index (χ0) is 14.0. The fourth-order valence-electron chi connectivity index (χ4n) is 1.57. The van der Waals surface area contributed by atoms with Gasteiger partial charge >= 0.3 is 0 Å². The van der Waals surface area contributed by atoms with Crippen molar-refractivity contribution in [3.05, 3.63) is 35.7 Å². The molecule has 19 heavy (non-hydrogen) atoms. The van der Waals surface area contributed by atoms with E-state index in [-0.39, 0.29) is 17.3 Å². The van der Waals surface area contributed by atoms with Gasteiger partial charge in [0.05, 0.1) is 6.20 Å². The molecular weight excluding hydrogens is 268 g/mol. The van der Waals surface area contributed by atoms with E-state index in [1.165, 1.54) is 10.7 Å². The first-order chi connectivity index (χ1) is 8.86. The van der Waals surface area contributed by atoms with Gasteiger partial charge in [0.25, 0.3) is 0 Å². The van der Waals surface area contributed by atoms with Crippen LogP contribution in [0.25, 0.3) is 0 Å². The van der Waals surface area contributed by atoms with Crippen molar-refractivity contribution in [2.45, 2.75) is 18.4 Å². The van der Waals surface area contributed by atoms with Gasteiger partial charge in [0.2, 0.25) is 10.0 Å². The summed E-state index contributed by atoms with van der Waals surface area (Å²) < 4.78 is 30.0. The van der Waals surface area contributed by atoms with E-state index in [0.717, 1.165) is 5.56 Å². The third-order valence-corrected chi connectivity index (χ3v) is 3.36. The van der Waals surface area contributed by atoms with E-state index >= 15 is 0 Å². The van der Waals surface area contributed by atoms with Crippen LogP contribution in [-0.4, -0.2) is 23.4 Å². The monoisotopic (exact) mass is 282 g/mol. The number of primary sulfonamides is 1. The van der Waals surface area contributed by atoms with Crippen LogP contribution in [0.2, 0.25) is 0 Å². The molecule has 0 unspecified atom stereocenters. The first kappa shape index (κ1) is 13.5. The standard InChI is InChI=1S/C11H14N4O3S/c1-8-3-4-10(11(5-8)19(12,16)17)18-7-9-6-15(2)14-13-9/h3-6H,7H2,1-2H3,(H2,12,16,17). The maximum atomic E-state index is 11.5. The molecule has 0 amide bonds. The van der Waals surface area contributed by atoms with Crippen LogP contribution in [0.3, 0.4) is 0 Å². The summed E-state index contributed by atoms with van der Waals surface area (Å²) in [6.07, 6.45) is 1.69. The second kappa shape index (κ2) is 4.98. The van der Waals surface area contributed by atoms with Gasteiger partial charge in [-0.2, -0.15) is 0 Å². The number of sulfonamides is 1. The van der Waals surface area contributed by atoms with Crippen molar-refractivity contribution in [2.75, 3.05) is 0 Å². The van der Waals surface area contributed by atoms with Gasteiger partial charge in [-0.1, -0.05) is 11.3 Å². The van der Waals surface area contributed by atoms with Crippen LogP contribution in [0, 0.1) is 6.92 Å². The Hall–Kier alpha value is -1.93. The van der Waals surface area contributed by atoms with Crippen molar-refractivity contribution < 1.29 is 13.2 Å². The van der Waals surface area contributed by atoms with Crippen LogP contribution in [0.15, 0.2) is 29.3 Å². The highest BCUT2D eigenvalue weighted by Crippen LogP contribution is 2.24. The first-order valence-electron chi connectivity index (χ1n) is 5.48. The van der Waals surface area contributed by atoms with Gasteiger partial charge in [0.1, 0.15) is 22.9 Å². The van der Waals surface area contributed by atoms with E-state index in [4.69, 9.17) is 9.88 Å². The Morgan fingerprint density at radius 2 is 2.16 bits per heavy atom. The molecule has 1 aromatic heterocycles. The number of ether oxygens (including phenoxy) is 1. The molecular formula is C11H14N4O3S. The van der Waals surface area contributed by atoms with Gasteiger partial charge in [-0.15, -0.1) is 5.10 Å². The molecule has 0 aliphatic heterocycles. The van der Waals surface area contributed by atoms with Crippen LogP contribution in [0.4, 0.5) is 0 Å². The highest BCUT2D eigenvalue weighted by atomic mass is 32.2. The SMILES string of the molecule is Cc1ccc(OCc2cn(C)nn2)c(S(N)(=O)=O)c1. The lowest BCUT2D eigenvalue weighted by atomic mass is 10.2. The fourth-order valence-corrected chi connectivity index (χ4v) is 2.33. The van der Waals surface area contributed by atoms with Crippen molar-refractivity contribution >= 4 is 10.0 Å². The van der Waals surface area contributed by atoms with Gasteiger partial charge in [0.15, 0.2) is 0 Å². The Balaban J connectivity index is 2.25. The lowest BCUT2D eigenvalue weighted by Gasteiger charge is -2.09. The van der Waals surface area contributed by atoms with Crippen molar-refractivity contribution in [3.8, 4) is 5.75 Å². The van der Waals surface area contributed by atoms with E-state index in [1.807, 2.05) is 0 Å². The number of hydrogen-bond acceptors (Lipinski definition) is 5. The van der Waals surface area contributed by atoms with E-state index in [1.54, 1.807) is 32.3 Å². The molecule has 0 atom stereocenters. The normalized spacial score (nSPS) is 11.5. The summed E-state index contributed by atoms with van der Waals surface area (Å²) in [5.41, 5.74) is 1.39. The smallest absolute Gasteiger partial charge is 0.241 e. The summed E-state index contributed by atoms with van der Waals surface area (Å²) in [5.74, 6) is 0.207. The largest absolute Gasteiger partial charge is 0.486 e. The molecule has 1 heterocycles. The minimum Gasteiger partial charge on any atom is -0.486 e. The van der Waals surface area contributed by atoms with E-state index < -0.39 is 10.0 Å². The zero-order valence-corrected chi connectivity index (χ0v) is 11.4.